The van der Waals surface area contributed by atoms with Crippen LogP contribution in [0.2, 0.25) is 0 Å². The van der Waals surface area contributed by atoms with Crippen LogP contribution in [0.25, 0.3) is 0 Å². The molecule has 2 heterocycles. The third kappa shape index (κ3) is 2.37. The number of hydrogen-bond donors (Lipinski definition) is 1. The van der Waals surface area contributed by atoms with Crippen LogP contribution in [0.15, 0.2) is 24.3 Å². The molecule has 3 nitrogen and oxygen atoms in total. The van der Waals surface area contributed by atoms with Gasteiger partial charge in [0.1, 0.15) is 0 Å². The van der Waals surface area contributed by atoms with Crippen molar-refractivity contribution in [1.29, 1.82) is 0 Å². The number of amides is 2. The van der Waals surface area contributed by atoms with Crippen molar-refractivity contribution in [3.05, 3.63) is 35.4 Å². The van der Waals surface area contributed by atoms with Gasteiger partial charge in [-0.05, 0) is 31.1 Å². The smallest absolute Gasteiger partial charge is 0.234 e. The minimum absolute atomic E-state index is 0.110. The maximum atomic E-state index is 12.4. The third-order valence-corrected chi connectivity index (χ3v) is 5.77. The summed E-state index contributed by atoms with van der Waals surface area (Å²) in [5.41, 5.74) is 2.05. The zero-order valence-corrected chi connectivity index (χ0v) is 12.5. The zero-order chi connectivity index (χ0) is 14.2. The molecule has 2 atom stereocenters. The quantitative estimate of drug-likeness (QED) is 0.808. The van der Waals surface area contributed by atoms with E-state index in [4.69, 9.17) is 0 Å². The summed E-state index contributed by atoms with van der Waals surface area (Å²) in [6.07, 6.45) is 2.54. The standard InChI is InChI=1S/C16H19NO2S/c1-11-3-5-12(6-4-11)14-15(19)17-13(18)9-16(14)7-2-8-20-10-16/h3-6,14H,2,7-10H2,1H3,(H,17,18,19). The van der Waals surface area contributed by atoms with Crippen LogP contribution in [0.5, 0.6) is 0 Å². The van der Waals surface area contributed by atoms with Crippen LogP contribution in [-0.4, -0.2) is 23.3 Å². The van der Waals surface area contributed by atoms with E-state index in [0.717, 1.165) is 29.9 Å². The lowest BCUT2D eigenvalue weighted by Gasteiger charge is -2.45. The van der Waals surface area contributed by atoms with Crippen LogP contribution in [0.4, 0.5) is 0 Å². The van der Waals surface area contributed by atoms with Gasteiger partial charge in [-0.15, -0.1) is 0 Å². The highest BCUT2D eigenvalue weighted by Crippen LogP contribution is 2.50. The third-order valence-electron chi connectivity index (χ3n) is 4.41. The van der Waals surface area contributed by atoms with Gasteiger partial charge in [-0.1, -0.05) is 29.8 Å². The molecule has 0 aromatic heterocycles. The predicted molar refractivity (Wildman–Crippen MR) is 80.7 cm³/mol. The van der Waals surface area contributed by atoms with E-state index in [-0.39, 0.29) is 23.1 Å². The van der Waals surface area contributed by atoms with Crippen LogP contribution >= 0.6 is 11.8 Å². The van der Waals surface area contributed by atoms with E-state index < -0.39 is 0 Å². The summed E-state index contributed by atoms with van der Waals surface area (Å²) in [5, 5.41) is 2.53. The fourth-order valence-corrected chi connectivity index (χ4v) is 4.77. The van der Waals surface area contributed by atoms with E-state index in [1.54, 1.807) is 0 Å². The van der Waals surface area contributed by atoms with Gasteiger partial charge in [0.2, 0.25) is 11.8 Å². The molecular formula is C16H19NO2S. The Morgan fingerprint density at radius 3 is 2.65 bits per heavy atom. The van der Waals surface area contributed by atoms with Crippen LogP contribution in [-0.2, 0) is 9.59 Å². The summed E-state index contributed by atoms with van der Waals surface area (Å²) in [5.74, 6) is 1.63. The highest BCUT2D eigenvalue weighted by atomic mass is 32.2. The van der Waals surface area contributed by atoms with Gasteiger partial charge in [0, 0.05) is 17.6 Å². The first kappa shape index (κ1) is 13.7. The molecule has 2 aliphatic rings. The Morgan fingerprint density at radius 2 is 2.00 bits per heavy atom. The van der Waals surface area contributed by atoms with Crippen LogP contribution in [0.1, 0.15) is 36.3 Å². The lowest BCUT2D eigenvalue weighted by Crippen LogP contribution is -2.52. The number of thioether (sulfide) groups is 1. The topological polar surface area (TPSA) is 46.2 Å². The van der Waals surface area contributed by atoms with Crippen LogP contribution in [0.3, 0.4) is 0 Å². The average Bonchev–Trinajstić information content (AvgIpc) is 2.41. The minimum atomic E-state index is -0.186. The van der Waals surface area contributed by atoms with E-state index in [1.807, 2.05) is 43.0 Å². The second-order valence-electron chi connectivity index (χ2n) is 5.95. The SMILES string of the molecule is Cc1ccc(C2C(=O)NC(=O)CC23CCCSC3)cc1. The monoisotopic (exact) mass is 289 g/mol. The second-order valence-corrected chi connectivity index (χ2v) is 7.06. The number of carbonyl (C=O) groups is 2. The fourth-order valence-electron chi connectivity index (χ4n) is 3.46. The Bertz CT molecular complexity index is 532. The molecule has 2 fully saturated rings. The molecule has 2 amide bonds. The van der Waals surface area contributed by atoms with Gasteiger partial charge in [-0.25, -0.2) is 0 Å². The minimum Gasteiger partial charge on any atom is -0.296 e. The molecule has 0 radical (unpaired) electrons. The molecule has 3 rings (SSSR count). The van der Waals surface area contributed by atoms with Crippen molar-refractivity contribution >= 4 is 23.6 Å². The molecule has 0 aliphatic carbocycles. The lowest BCUT2D eigenvalue weighted by molar-refractivity contribution is -0.139. The van der Waals surface area contributed by atoms with Crippen molar-refractivity contribution < 1.29 is 9.59 Å². The number of hydrogen-bond acceptors (Lipinski definition) is 3. The first-order chi connectivity index (χ1) is 9.61. The Kier molecular flexibility index (Phi) is 3.59. The first-order valence-corrected chi connectivity index (χ1v) is 8.24. The molecule has 1 spiro atoms. The molecule has 1 N–H and O–H groups in total. The Labute approximate surface area is 123 Å². The normalized spacial score (nSPS) is 30.4. The molecule has 1 aromatic rings. The summed E-state index contributed by atoms with van der Waals surface area (Å²) in [4.78, 5) is 24.3. The van der Waals surface area contributed by atoms with E-state index in [9.17, 15) is 9.59 Å². The molecular weight excluding hydrogens is 270 g/mol. The summed E-state index contributed by atoms with van der Waals surface area (Å²) in [6, 6.07) is 8.16. The fraction of sp³-hybridized carbons (Fsp3) is 0.500. The van der Waals surface area contributed by atoms with Crippen molar-refractivity contribution in [2.24, 2.45) is 5.41 Å². The molecule has 20 heavy (non-hydrogen) atoms. The Morgan fingerprint density at radius 1 is 1.25 bits per heavy atom. The van der Waals surface area contributed by atoms with Crippen LogP contribution < -0.4 is 5.32 Å². The summed E-state index contributed by atoms with van der Waals surface area (Å²) < 4.78 is 0. The Hall–Kier alpha value is -1.29. The van der Waals surface area contributed by atoms with Crippen molar-refractivity contribution in [3.63, 3.8) is 0 Å². The number of imide groups is 1. The maximum Gasteiger partial charge on any atom is 0.234 e. The molecule has 2 aliphatic heterocycles. The molecule has 1 aromatic carbocycles. The van der Waals surface area contributed by atoms with Crippen LogP contribution in [0, 0.1) is 12.3 Å². The van der Waals surface area contributed by atoms with Crippen molar-refractivity contribution in [3.8, 4) is 0 Å². The molecule has 106 valence electrons. The van der Waals surface area contributed by atoms with Gasteiger partial charge < -0.3 is 0 Å². The Balaban J connectivity index is 2.01. The summed E-state index contributed by atoms with van der Waals surface area (Å²) >= 11 is 1.87. The van der Waals surface area contributed by atoms with Crippen molar-refractivity contribution in [2.45, 2.75) is 32.1 Å². The lowest BCUT2D eigenvalue weighted by atomic mass is 9.66. The number of rotatable bonds is 1. The van der Waals surface area contributed by atoms with Gasteiger partial charge in [0.05, 0.1) is 5.92 Å². The van der Waals surface area contributed by atoms with Gasteiger partial charge >= 0.3 is 0 Å². The predicted octanol–water partition coefficient (Wildman–Crippen LogP) is 2.64. The van der Waals surface area contributed by atoms with Gasteiger partial charge in [0.15, 0.2) is 0 Å². The molecule has 0 bridgehead atoms. The number of carbonyl (C=O) groups excluding carboxylic acids is 2. The molecule has 2 saturated heterocycles. The second kappa shape index (κ2) is 5.24. The maximum absolute atomic E-state index is 12.4. The van der Waals surface area contributed by atoms with Gasteiger partial charge in [0.25, 0.3) is 0 Å². The zero-order valence-electron chi connectivity index (χ0n) is 11.6. The molecule has 2 unspecified atom stereocenters. The van der Waals surface area contributed by atoms with E-state index in [0.29, 0.717) is 6.42 Å². The van der Waals surface area contributed by atoms with Gasteiger partial charge in [-0.2, -0.15) is 11.8 Å². The largest absolute Gasteiger partial charge is 0.296 e. The van der Waals surface area contributed by atoms with Crippen molar-refractivity contribution in [2.75, 3.05) is 11.5 Å². The first-order valence-electron chi connectivity index (χ1n) is 7.09. The number of benzene rings is 1. The van der Waals surface area contributed by atoms with Crippen molar-refractivity contribution in [1.82, 2.24) is 5.32 Å². The van der Waals surface area contributed by atoms with Gasteiger partial charge in [-0.3, -0.25) is 14.9 Å². The highest BCUT2D eigenvalue weighted by Gasteiger charge is 2.49. The summed E-state index contributed by atoms with van der Waals surface area (Å²) in [7, 11) is 0. The number of piperidine rings is 1. The van der Waals surface area contributed by atoms with E-state index >= 15 is 0 Å². The number of aryl methyl sites for hydroxylation is 1. The molecule has 4 heteroatoms. The highest BCUT2D eigenvalue weighted by molar-refractivity contribution is 7.99. The van der Waals surface area contributed by atoms with E-state index in [1.165, 1.54) is 5.56 Å². The summed E-state index contributed by atoms with van der Waals surface area (Å²) in [6.45, 7) is 2.04. The number of nitrogens with one attached hydrogen (secondary N) is 1. The van der Waals surface area contributed by atoms with E-state index in [2.05, 4.69) is 5.32 Å². The molecule has 0 saturated carbocycles. The average molecular weight is 289 g/mol.